The molecule has 0 bridgehead atoms. The van der Waals surface area contributed by atoms with Crippen LogP contribution in [-0.4, -0.2) is 26.4 Å². The predicted octanol–water partition coefficient (Wildman–Crippen LogP) is 6.30. The minimum absolute atomic E-state index is 0.0110. The molecule has 35 heavy (non-hydrogen) atoms. The lowest BCUT2D eigenvalue weighted by molar-refractivity contribution is -0.143. The summed E-state index contributed by atoms with van der Waals surface area (Å²) in [5.41, 5.74) is -3.03. The van der Waals surface area contributed by atoms with Crippen molar-refractivity contribution in [2.45, 2.75) is 17.5 Å². The second-order valence-electron chi connectivity index (χ2n) is 7.09. The summed E-state index contributed by atoms with van der Waals surface area (Å²) in [6.07, 6.45) is -8.60. The molecular formula is C22H14F6N4O2S. The summed E-state index contributed by atoms with van der Waals surface area (Å²) in [7, 11) is 0. The van der Waals surface area contributed by atoms with Gasteiger partial charge in [0.1, 0.15) is 0 Å². The molecule has 4 rings (SSSR count). The van der Waals surface area contributed by atoms with Crippen LogP contribution in [0.25, 0.3) is 17.3 Å². The Morgan fingerprint density at radius 1 is 0.914 bits per heavy atom. The normalized spacial score (nSPS) is 12.1. The number of alkyl halides is 6. The smallest absolute Gasteiger partial charge is 0.416 e. The molecule has 4 aromatic rings. The number of furan rings is 1. The van der Waals surface area contributed by atoms with Gasteiger partial charge >= 0.3 is 12.4 Å². The van der Waals surface area contributed by atoms with Crippen molar-refractivity contribution >= 4 is 23.4 Å². The maximum absolute atomic E-state index is 13.1. The van der Waals surface area contributed by atoms with Gasteiger partial charge in [0, 0.05) is 11.4 Å². The molecule has 0 spiro atoms. The van der Waals surface area contributed by atoms with Crippen molar-refractivity contribution in [3.63, 3.8) is 0 Å². The number of nitrogens with one attached hydrogen (secondary N) is 1. The van der Waals surface area contributed by atoms with Crippen LogP contribution >= 0.6 is 11.8 Å². The Labute approximate surface area is 198 Å². The van der Waals surface area contributed by atoms with E-state index in [2.05, 4.69) is 15.5 Å². The third kappa shape index (κ3) is 5.67. The van der Waals surface area contributed by atoms with E-state index in [0.29, 0.717) is 29.4 Å². The topological polar surface area (TPSA) is 73.0 Å². The highest BCUT2D eigenvalue weighted by Crippen LogP contribution is 2.37. The molecule has 2 aromatic carbocycles. The molecule has 0 unspecified atom stereocenters. The number of carbonyl (C=O) groups excluding carboxylic acids is 1. The Bertz CT molecular complexity index is 1290. The maximum Gasteiger partial charge on any atom is 0.416 e. The molecule has 0 fully saturated rings. The first kappa shape index (κ1) is 24.4. The van der Waals surface area contributed by atoms with Crippen molar-refractivity contribution in [2.24, 2.45) is 0 Å². The highest BCUT2D eigenvalue weighted by Gasteiger charge is 2.37. The first-order chi connectivity index (χ1) is 16.5. The molecule has 1 amide bonds. The average Bonchev–Trinajstić information content (AvgIpc) is 3.46. The molecule has 0 aliphatic carbocycles. The van der Waals surface area contributed by atoms with Crippen LogP contribution in [0.5, 0.6) is 0 Å². The van der Waals surface area contributed by atoms with Gasteiger partial charge in [0.2, 0.25) is 11.7 Å². The van der Waals surface area contributed by atoms with E-state index in [-0.39, 0.29) is 17.0 Å². The van der Waals surface area contributed by atoms with Crippen LogP contribution in [0.3, 0.4) is 0 Å². The summed E-state index contributed by atoms with van der Waals surface area (Å²) in [4.78, 5) is 12.4. The summed E-state index contributed by atoms with van der Waals surface area (Å²) < 4.78 is 85.3. The minimum atomic E-state index is -5.02. The second-order valence-corrected chi connectivity index (χ2v) is 8.03. The molecule has 0 radical (unpaired) electrons. The largest absolute Gasteiger partial charge is 0.461 e. The summed E-state index contributed by atoms with van der Waals surface area (Å²) >= 11 is 0.898. The molecule has 2 aromatic heterocycles. The van der Waals surface area contributed by atoms with E-state index >= 15 is 0 Å². The van der Waals surface area contributed by atoms with Crippen LogP contribution in [0, 0.1) is 0 Å². The predicted molar refractivity (Wildman–Crippen MR) is 115 cm³/mol. The Morgan fingerprint density at radius 2 is 1.57 bits per heavy atom. The second kappa shape index (κ2) is 9.49. The van der Waals surface area contributed by atoms with Gasteiger partial charge in [-0.2, -0.15) is 26.3 Å². The standard InChI is InChI=1S/C22H14F6N4O2S/c23-21(24,25)13-9-14(22(26,27)28)11-15(10-13)29-18(33)12-35-20-31-30-19(17-7-4-8-34-17)32(20)16-5-2-1-3-6-16/h1-11H,12H2,(H,29,33). The van der Waals surface area contributed by atoms with Gasteiger partial charge in [-0.05, 0) is 42.5 Å². The molecule has 0 saturated carbocycles. The summed E-state index contributed by atoms with van der Waals surface area (Å²) in [6, 6.07) is 13.1. The lowest BCUT2D eigenvalue weighted by Gasteiger charge is -2.14. The van der Waals surface area contributed by atoms with E-state index in [1.807, 2.05) is 0 Å². The van der Waals surface area contributed by atoms with Gasteiger partial charge < -0.3 is 9.73 Å². The van der Waals surface area contributed by atoms with E-state index in [9.17, 15) is 31.1 Å². The van der Waals surface area contributed by atoms with Gasteiger partial charge in [0.15, 0.2) is 10.9 Å². The van der Waals surface area contributed by atoms with Crippen molar-refractivity contribution in [1.82, 2.24) is 14.8 Å². The monoisotopic (exact) mass is 512 g/mol. The number of halogens is 6. The van der Waals surface area contributed by atoms with Gasteiger partial charge in [-0.3, -0.25) is 9.36 Å². The van der Waals surface area contributed by atoms with Crippen molar-refractivity contribution < 1.29 is 35.6 Å². The van der Waals surface area contributed by atoms with Crippen LogP contribution < -0.4 is 5.32 Å². The van der Waals surface area contributed by atoms with Crippen molar-refractivity contribution in [3.05, 3.63) is 78.1 Å². The van der Waals surface area contributed by atoms with Gasteiger partial charge in [-0.25, -0.2) is 0 Å². The molecule has 0 saturated heterocycles. The highest BCUT2D eigenvalue weighted by atomic mass is 32.2. The number of hydrogen-bond donors (Lipinski definition) is 1. The van der Waals surface area contributed by atoms with Crippen LogP contribution in [-0.2, 0) is 17.1 Å². The fraction of sp³-hybridized carbons (Fsp3) is 0.136. The highest BCUT2D eigenvalue weighted by molar-refractivity contribution is 7.99. The SMILES string of the molecule is O=C(CSc1nnc(-c2ccco2)n1-c1ccccc1)Nc1cc(C(F)(F)F)cc(C(F)(F)F)c1. The number of aromatic nitrogens is 3. The first-order valence-corrected chi connectivity index (χ1v) is 10.8. The Hall–Kier alpha value is -3.74. The third-order valence-corrected chi connectivity index (χ3v) is 5.52. The Kier molecular flexibility index (Phi) is 6.61. The zero-order valence-corrected chi connectivity index (χ0v) is 18.2. The van der Waals surface area contributed by atoms with E-state index in [0.717, 1.165) is 11.8 Å². The summed E-state index contributed by atoms with van der Waals surface area (Å²) in [5.74, 6) is -0.441. The number of hydrogen-bond acceptors (Lipinski definition) is 5. The van der Waals surface area contributed by atoms with Crippen LogP contribution in [0.4, 0.5) is 32.0 Å². The molecule has 6 nitrogen and oxygen atoms in total. The van der Waals surface area contributed by atoms with Gasteiger partial charge in [0.05, 0.1) is 23.1 Å². The Morgan fingerprint density at radius 3 is 2.14 bits per heavy atom. The number of anilines is 1. The fourth-order valence-corrected chi connectivity index (χ4v) is 3.84. The van der Waals surface area contributed by atoms with Crippen LogP contribution in [0.15, 0.2) is 76.5 Å². The van der Waals surface area contributed by atoms with E-state index in [1.165, 1.54) is 6.26 Å². The number of benzene rings is 2. The number of amides is 1. The molecule has 182 valence electrons. The van der Waals surface area contributed by atoms with Gasteiger partial charge in [0.25, 0.3) is 0 Å². The minimum Gasteiger partial charge on any atom is -0.461 e. The van der Waals surface area contributed by atoms with E-state index in [1.54, 1.807) is 47.0 Å². The quantitative estimate of drug-likeness (QED) is 0.243. The van der Waals surface area contributed by atoms with Crippen LogP contribution in [0.1, 0.15) is 11.1 Å². The van der Waals surface area contributed by atoms with Crippen molar-refractivity contribution in [1.29, 1.82) is 0 Å². The fourth-order valence-electron chi connectivity index (χ4n) is 3.09. The third-order valence-electron chi connectivity index (χ3n) is 4.59. The number of carbonyl (C=O) groups is 1. The molecule has 0 atom stereocenters. The van der Waals surface area contributed by atoms with Crippen LogP contribution in [0.2, 0.25) is 0 Å². The van der Waals surface area contributed by atoms with E-state index < -0.39 is 35.1 Å². The zero-order valence-electron chi connectivity index (χ0n) is 17.4. The summed E-state index contributed by atoms with van der Waals surface area (Å²) in [5, 5.41) is 10.5. The average molecular weight is 512 g/mol. The number of thioether (sulfide) groups is 1. The number of rotatable bonds is 6. The summed E-state index contributed by atoms with van der Waals surface area (Å²) in [6.45, 7) is 0. The lowest BCUT2D eigenvalue weighted by Crippen LogP contribution is -2.17. The first-order valence-electron chi connectivity index (χ1n) is 9.79. The zero-order chi connectivity index (χ0) is 25.2. The number of para-hydroxylation sites is 1. The van der Waals surface area contributed by atoms with E-state index in [4.69, 9.17) is 4.42 Å². The molecule has 0 aliphatic rings. The Balaban J connectivity index is 1.56. The molecule has 1 N–H and O–H groups in total. The molecule has 13 heteroatoms. The lowest BCUT2D eigenvalue weighted by atomic mass is 10.1. The molecular weight excluding hydrogens is 498 g/mol. The van der Waals surface area contributed by atoms with Gasteiger partial charge in [-0.15, -0.1) is 10.2 Å². The molecule has 2 heterocycles. The van der Waals surface area contributed by atoms with Gasteiger partial charge in [-0.1, -0.05) is 30.0 Å². The van der Waals surface area contributed by atoms with Crippen molar-refractivity contribution in [3.8, 4) is 17.3 Å². The maximum atomic E-state index is 13.1. The van der Waals surface area contributed by atoms with Crippen molar-refractivity contribution in [2.75, 3.05) is 11.1 Å². The molecule has 0 aliphatic heterocycles. The number of nitrogens with zero attached hydrogens (tertiary/aromatic N) is 3.